The summed E-state index contributed by atoms with van der Waals surface area (Å²) in [6.45, 7) is 6.63. The molecule has 2 fully saturated rings. The number of nitrogens with one attached hydrogen (secondary N) is 1. The van der Waals surface area contributed by atoms with Crippen LogP contribution in [-0.2, 0) is 11.3 Å². The SMILES string of the molecule is COc1ccccc1CNC(=O)[C@@H](C)N1CCN([C@H]2CCSC2)CC1. The van der Waals surface area contributed by atoms with Crippen molar-refractivity contribution >= 4 is 17.7 Å². The molecule has 0 bridgehead atoms. The van der Waals surface area contributed by atoms with E-state index in [1.54, 1.807) is 7.11 Å². The second kappa shape index (κ2) is 8.92. The van der Waals surface area contributed by atoms with E-state index in [-0.39, 0.29) is 11.9 Å². The molecule has 2 atom stereocenters. The maximum Gasteiger partial charge on any atom is 0.237 e. The van der Waals surface area contributed by atoms with E-state index in [2.05, 4.69) is 26.9 Å². The highest BCUT2D eigenvalue weighted by atomic mass is 32.2. The highest BCUT2D eigenvalue weighted by Crippen LogP contribution is 2.23. The smallest absolute Gasteiger partial charge is 0.237 e. The van der Waals surface area contributed by atoms with Crippen molar-refractivity contribution in [2.45, 2.75) is 32.0 Å². The van der Waals surface area contributed by atoms with Gasteiger partial charge in [0.05, 0.1) is 13.2 Å². The molecule has 0 aliphatic carbocycles. The third kappa shape index (κ3) is 4.68. The number of thioether (sulfide) groups is 1. The minimum atomic E-state index is -0.0881. The van der Waals surface area contributed by atoms with Gasteiger partial charge in [0.2, 0.25) is 5.91 Å². The lowest BCUT2D eigenvalue weighted by Gasteiger charge is -2.39. The van der Waals surface area contributed by atoms with Gasteiger partial charge in [0.15, 0.2) is 0 Å². The van der Waals surface area contributed by atoms with Crippen molar-refractivity contribution in [1.29, 1.82) is 0 Å². The Morgan fingerprint density at radius 1 is 1.32 bits per heavy atom. The van der Waals surface area contributed by atoms with E-state index < -0.39 is 0 Å². The lowest BCUT2D eigenvalue weighted by Crippen LogP contribution is -2.55. The quantitative estimate of drug-likeness (QED) is 0.835. The maximum absolute atomic E-state index is 12.5. The van der Waals surface area contributed by atoms with Gasteiger partial charge >= 0.3 is 0 Å². The maximum atomic E-state index is 12.5. The third-order valence-electron chi connectivity index (χ3n) is 5.34. The van der Waals surface area contributed by atoms with Crippen molar-refractivity contribution in [2.75, 3.05) is 44.8 Å². The Kier molecular flexibility index (Phi) is 6.62. The molecule has 1 aromatic rings. The molecule has 0 unspecified atom stereocenters. The fraction of sp³-hybridized carbons (Fsp3) is 0.632. The lowest BCUT2D eigenvalue weighted by molar-refractivity contribution is -0.126. The van der Waals surface area contributed by atoms with Crippen LogP contribution in [-0.4, -0.2) is 72.6 Å². The molecule has 2 heterocycles. The van der Waals surface area contributed by atoms with Crippen LogP contribution >= 0.6 is 11.8 Å². The van der Waals surface area contributed by atoms with Crippen LogP contribution in [0.2, 0.25) is 0 Å². The van der Waals surface area contributed by atoms with E-state index in [9.17, 15) is 4.79 Å². The number of carbonyl (C=O) groups is 1. The van der Waals surface area contributed by atoms with Crippen LogP contribution in [0.1, 0.15) is 18.9 Å². The van der Waals surface area contributed by atoms with Crippen LogP contribution in [0.5, 0.6) is 5.75 Å². The van der Waals surface area contributed by atoms with Gasteiger partial charge in [-0.2, -0.15) is 11.8 Å². The van der Waals surface area contributed by atoms with E-state index in [0.29, 0.717) is 6.54 Å². The Morgan fingerprint density at radius 2 is 2.08 bits per heavy atom. The highest BCUT2D eigenvalue weighted by Gasteiger charge is 2.29. The first kappa shape index (κ1) is 18.5. The average molecular weight is 364 g/mol. The molecule has 1 N–H and O–H groups in total. The topological polar surface area (TPSA) is 44.8 Å². The summed E-state index contributed by atoms with van der Waals surface area (Å²) >= 11 is 2.07. The molecule has 5 nitrogen and oxygen atoms in total. The molecule has 1 amide bonds. The number of hydrogen-bond donors (Lipinski definition) is 1. The van der Waals surface area contributed by atoms with Gasteiger partial charge in [0.1, 0.15) is 5.75 Å². The van der Waals surface area contributed by atoms with E-state index in [0.717, 1.165) is 43.5 Å². The largest absolute Gasteiger partial charge is 0.496 e. The number of ether oxygens (including phenoxy) is 1. The Hall–Kier alpha value is -1.24. The summed E-state index contributed by atoms with van der Waals surface area (Å²) < 4.78 is 5.35. The number of piperazine rings is 1. The summed E-state index contributed by atoms with van der Waals surface area (Å²) in [5.41, 5.74) is 1.01. The number of rotatable bonds is 6. The second-order valence-electron chi connectivity index (χ2n) is 6.79. The number of para-hydroxylation sites is 1. The molecule has 6 heteroatoms. The first-order chi connectivity index (χ1) is 12.2. The molecule has 2 aliphatic rings. The number of amides is 1. The Labute approximate surface area is 155 Å². The van der Waals surface area contributed by atoms with E-state index in [1.165, 1.54) is 17.9 Å². The van der Waals surface area contributed by atoms with Crippen molar-refractivity contribution in [3.05, 3.63) is 29.8 Å². The molecule has 0 aromatic heterocycles. The van der Waals surface area contributed by atoms with E-state index >= 15 is 0 Å². The Bertz CT molecular complexity index is 570. The summed E-state index contributed by atoms with van der Waals surface area (Å²) in [7, 11) is 1.66. The van der Waals surface area contributed by atoms with Gasteiger partial charge in [-0.05, 0) is 25.2 Å². The zero-order valence-corrected chi connectivity index (χ0v) is 16.1. The van der Waals surface area contributed by atoms with Gasteiger partial charge in [-0.3, -0.25) is 14.6 Å². The number of hydrogen-bond acceptors (Lipinski definition) is 5. The molecule has 1 aromatic carbocycles. The molecule has 0 saturated carbocycles. The lowest BCUT2D eigenvalue weighted by atomic mass is 10.1. The molecular weight excluding hydrogens is 334 g/mol. The second-order valence-corrected chi connectivity index (χ2v) is 7.94. The van der Waals surface area contributed by atoms with Crippen LogP contribution < -0.4 is 10.1 Å². The van der Waals surface area contributed by atoms with Gasteiger partial charge in [-0.25, -0.2) is 0 Å². The summed E-state index contributed by atoms with van der Waals surface area (Å²) in [5.74, 6) is 3.48. The van der Waals surface area contributed by atoms with Crippen molar-refractivity contribution in [2.24, 2.45) is 0 Å². The number of benzene rings is 1. The zero-order chi connectivity index (χ0) is 17.6. The molecule has 2 aliphatic heterocycles. The molecule has 3 rings (SSSR count). The average Bonchev–Trinajstić information content (AvgIpc) is 3.20. The summed E-state index contributed by atoms with van der Waals surface area (Å²) in [4.78, 5) is 17.5. The molecule has 2 saturated heterocycles. The number of methoxy groups -OCH3 is 1. The molecule has 0 spiro atoms. The Balaban J connectivity index is 1.46. The van der Waals surface area contributed by atoms with Crippen LogP contribution in [0.4, 0.5) is 0 Å². The molecule has 138 valence electrons. The fourth-order valence-corrected chi connectivity index (χ4v) is 4.90. The predicted molar refractivity (Wildman–Crippen MR) is 103 cm³/mol. The third-order valence-corrected chi connectivity index (χ3v) is 6.49. The normalized spacial score (nSPS) is 23.4. The van der Waals surface area contributed by atoms with Crippen molar-refractivity contribution in [3.63, 3.8) is 0 Å². The molecule has 25 heavy (non-hydrogen) atoms. The van der Waals surface area contributed by atoms with E-state index in [4.69, 9.17) is 4.74 Å². The minimum Gasteiger partial charge on any atom is -0.496 e. The van der Waals surface area contributed by atoms with E-state index in [1.807, 2.05) is 31.2 Å². The van der Waals surface area contributed by atoms with Crippen LogP contribution in [0.3, 0.4) is 0 Å². The fourth-order valence-electron chi connectivity index (χ4n) is 3.64. The van der Waals surface area contributed by atoms with Crippen molar-refractivity contribution in [1.82, 2.24) is 15.1 Å². The zero-order valence-electron chi connectivity index (χ0n) is 15.2. The van der Waals surface area contributed by atoms with Crippen LogP contribution in [0.25, 0.3) is 0 Å². The molecule has 0 radical (unpaired) electrons. The standard InChI is InChI=1S/C19H29N3O2S/c1-15(19(23)20-13-16-5-3-4-6-18(16)24-2)21-8-10-22(11-9-21)17-7-12-25-14-17/h3-6,15,17H,7-14H2,1-2H3,(H,20,23)/t15-,17+/m1/s1. The van der Waals surface area contributed by atoms with Gasteiger partial charge in [0, 0.05) is 50.1 Å². The van der Waals surface area contributed by atoms with Crippen LogP contribution in [0.15, 0.2) is 24.3 Å². The summed E-state index contributed by atoms with van der Waals surface area (Å²) in [6.07, 6.45) is 1.32. The number of carbonyl (C=O) groups excluding carboxylic acids is 1. The van der Waals surface area contributed by atoms with Crippen molar-refractivity contribution < 1.29 is 9.53 Å². The van der Waals surface area contributed by atoms with Crippen LogP contribution in [0, 0.1) is 0 Å². The summed E-state index contributed by atoms with van der Waals surface area (Å²) in [6, 6.07) is 8.48. The summed E-state index contributed by atoms with van der Waals surface area (Å²) in [5, 5.41) is 3.06. The Morgan fingerprint density at radius 3 is 2.76 bits per heavy atom. The monoisotopic (exact) mass is 363 g/mol. The van der Waals surface area contributed by atoms with Gasteiger partial charge in [-0.1, -0.05) is 18.2 Å². The first-order valence-corrected chi connectivity index (χ1v) is 10.3. The highest BCUT2D eigenvalue weighted by molar-refractivity contribution is 7.99. The minimum absolute atomic E-state index is 0.0881. The van der Waals surface area contributed by atoms with Crippen molar-refractivity contribution in [3.8, 4) is 5.75 Å². The van der Waals surface area contributed by atoms with Gasteiger partial charge in [-0.15, -0.1) is 0 Å². The van der Waals surface area contributed by atoms with Gasteiger partial charge < -0.3 is 10.1 Å². The predicted octanol–water partition coefficient (Wildman–Crippen LogP) is 1.82. The van der Waals surface area contributed by atoms with Gasteiger partial charge in [0.25, 0.3) is 0 Å². The number of nitrogens with zero attached hydrogens (tertiary/aromatic N) is 2. The first-order valence-electron chi connectivity index (χ1n) is 9.14. The molecular formula is C19H29N3O2S.